The number of carboxylic acid groups (broad SMARTS) is 1. The van der Waals surface area contributed by atoms with E-state index in [0.717, 1.165) is 23.6 Å². The van der Waals surface area contributed by atoms with Gasteiger partial charge in [0.2, 0.25) is 0 Å². The van der Waals surface area contributed by atoms with E-state index in [9.17, 15) is 22.4 Å². The van der Waals surface area contributed by atoms with Crippen LogP contribution in [0.25, 0.3) is 0 Å². The van der Waals surface area contributed by atoms with Crippen molar-refractivity contribution in [2.45, 2.75) is 52.5 Å². The first kappa shape index (κ1) is 24.7. The molecule has 0 spiro atoms. The molecule has 2 rings (SSSR count). The van der Waals surface area contributed by atoms with Crippen molar-refractivity contribution in [2.75, 3.05) is 0 Å². The van der Waals surface area contributed by atoms with Gasteiger partial charge in [-0.3, -0.25) is 4.68 Å². The standard InChI is InChI=1S/C13H15F4NO2.C6H9ClN2/c1-2-3-4-5-7-9(14)11(16)8(6-18-13(19)20)12(17)10(7)15;1-3-6-5(7)4-9(2)8-6/h18H,2-6H2,1H3,(H,19,20);4H,3H2,1-2H3. The van der Waals surface area contributed by atoms with Gasteiger partial charge in [0.25, 0.3) is 0 Å². The van der Waals surface area contributed by atoms with Crippen LogP contribution in [-0.4, -0.2) is 21.0 Å². The van der Waals surface area contributed by atoms with Gasteiger partial charge in [-0.1, -0.05) is 38.3 Å². The molecule has 5 nitrogen and oxygen atoms in total. The van der Waals surface area contributed by atoms with Crippen LogP contribution in [0.15, 0.2) is 6.20 Å². The van der Waals surface area contributed by atoms with E-state index in [2.05, 4.69) is 5.10 Å². The first-order valence-electron chi connectivity index (χ1n) is 9.12. The summed E-state index contributed by atoms with van der Waals surface area (Å²) in [7, 11) is 1.87. The maximum atomic E-state index is 13.7. The molecule has 0 aliphatic carbocycles. The lowest BCUT2D eigenvalue weighted by Crippen LogP contribution is -2.23. The summed E-state index contributed by atoms with van der Waals surface area (Å²) in [5, 5.41) is 14.9. The summed E-state index contributed by atoms with van der Waals surface area (Å²) in [6, 6.07) is 0. The summed E-state index contributed by atoms with van der Waals surface area (Å²) >= 11 is 5.76. The van der Waals surface area contributed by atoms with E-state index >= 15 is 0 Å². The molecule has 1 heterocycles. The minimum Gasteiger partial charge on any atom is -0.465 e. The van der Waals surface area contributed by atoms with Gasteiger partial charge in [0.05, 0.1) is 17.3 Å². The number of carbonyl (C=O) groups is 1. The number of unbranched alkanes of at least 4 members (excludes halogenated alkanes) is 2. The van der Waals surface area contributed by atoms with Crippen LogP contribution in [0, 0.1) is 23.3 Å². The molecule has 0 saturated heterocycles. The summed E-state index contributed by atoms with van der Waals surface area (Å²) in [6.45, 7) is 3.08. The number of nitrogens with one attached hydrogen (secondary N) is 1. The zero-order valence-electron chi connectivity index (χ0n) is 16.5. The molecule has 29 heavy (non-hydrogen) atoms. The quantitative estimate of drug-likeness (QED) is 0.347. The third-order valence-corrected chi connectivity index (χ3v) is 4.40. The average molecular weight is 438 g/mol. The Bertz CT molecular complexity index is 814. The van der Waals surface area contributed by atoms with Gasteiger partial charge >= 0.3 is 6.09 Å². The van der Waals surface area contributed by atoms with Crippen molar-refractivity contribution in [3.63, 3.8) is 0 Å². The number of aromatic nitrogens is 2. The topological polar surface area (TPSA) is 67.2 Å². The molecular formula is C19H24ClF4N3O2. The van der Waals surface area contributed by atoms with Crippen LogP contribution in [0.3, 0.4) is 0 Å². The molecular weight excluding hydrogens is 414 g/mol. The summed E-state index contributed by atoms with van der Waals surface area (Å²) in [5.41, 5.74) is -0.617. The summed E-state index contributed by atoms with van der Waals surface area (Å²) in [5.74, 6) is -6.02. The van der Waals surface area contributed by atoms with Crippen LogP contribution in [0.4, 0.5) is 22.4 Å². The highest BCUT2D eigenvalue weighted by Crippen LogP contribution is 2.25. The molecule has 1 aromatic heterocycles. The lowest BCUT2D eigenvalue weighted by molar-refractivity contribution is 0.193. The monoisotopic (exact) mass is 437 g/mol. The molecule has 162 valence electrons. The lowest BCUT2D eigenvalue weighted by Gasteiger charge is -2.12. The van der Waals surface area contributed by atoms with Gasteiger partial charge in [-0.15, -0.1) is 0 Å². The van der Waals surface area contributed by atoms with Gasteiger partial charge in [0, 0.05) is 24.4 Å². The Balaban J connectivity index is 0.000000387. The van der Waals surface area contributed by atoms with Crippen molar-refractivity contribution < 1.29 is 27.5 Å². The molecule has 0 saturated carbocycles. The molecule has 0 bridgehead atoms. The molecule has 2 aromatic rings. The second kappa shape index (κ2) is 11.6. The Morgan fingerprint density at radius 3 is 2.03 bits per heavy atom. The number of amides is 1. The normalized spacial score (nSPS) is 10.5. The number of benzene rings is 1. The van der Waals surface area contributed by atoms with Gasteiger partial charge in [0.15, 0.2) is 23.3 Å². The highest BCUT2D eigenvalue weighted by atomic mass is 35.5. The van der Waals surface area contributed by atoms with Crippen LogP contribution in [0.1, 0.15) is 49.9 Å². The van der Waals surface area contributed by atoms with Crippen molar-refractivity contribution in [3.8, 4) is 0 Å². The largest absolute Gasteiger partial charge is 0.465 e. The first-order chi connectivity index (χ1) is 13.6. The first-order valence-corrected chi connectivity index (χ1v) is 9.50. The SMILES string of the molecule is CCCCCc1c(F)c(F)c(CNC(=O)O)c(F)c1F.CCc1nn(C)cc1Cl. The van der Waals surface area contributed by atoms with Gasteiger partial charge in [-0.25, -0.2) is 22.4 Å². The zero-order chi connectivity index (χ0) is 22.1. The van der Waals surface area contributed by atoms with E-state index in [1.807, 2.05) is 20.9 Å². The van der Waals surface area contributed by atoms with Crippen molar-refractivity contribution in [1.82, 2.24) is 15.1 Å². The molecule has 0 atom stereocenters. The predicted octanol–water partition coefficient (Wildman–Crippen LogP) is 5.38. The van der Waals surface area contributed by atoms with Crippen LogP contribution < -0.4 is 5.32 Å². The van der Waals surface area contributed by atoms with E-state index in [0.29, 0.717) is 12.8 Å². The summed E-state index contributed by atoms with van der Waals surface area (Å²) in [4.78, 5) is 10.3. The van der Waals surface area contributed by atoms with Gasteiger partial charge < -0.3 is 10.4 Å². The smallest absolute Gasteiger partial charge is 0.404 e. The second-order valence-corrected chi connectivity index (χ2v) is 6.69. The fourth-order valence-electron chi connectivity index (χ4n) is 2.56. The number of nitrogens with zero attached hydrogens (tertiary/aromatic N) is 2. The number of aryl methyl sites for hydroxylation is 2. The van der Waals surface area contributed by atoms with Gasteiger partial charge in [-0.05, 0) is 19.3 Å². The van der Waals surface area contributed by atoms with E-state index in [4.69, 9.17) is 16.7 Å². The van der Waals surface area contributed by atoms with Crippen LogP contribution in [-0.2, 0) is 26.4 Å². The maximum Gasteiger partial charge on any atom is 0.404 e. The van der Waals surface area contributed by atoms with E-state index in [1.165, 1.54) is 0 Å². The summed E-state index contributed by atoms with van der Waals surface area (Å²) in [6.07, 6.45) is 2.96. The fourth-order valence-corrected chi connectivity index (χ4v) is 2.87. The van der Waals surface area contributed by atoms with E-state index in [1.54, 1.807) is 16.2 Å². The Morgan fingerprint density at radius 1 is 1.10 bits per heavy atom. The Morgan fingerprint density at radius 2 is 1.66 bits per heavy atom. The molecule has 1 aromatic carbocycles. The molecule has 0 unspecified atom stereocenters. The summed E-state index contributed by atoms with van der Waals surface area (Å²) < 4.78 is 56.4. The molecule has 0 fully saturated rings. The minimum absolute atomic E-state index is 0.105. The van der Waals surface area contributed by atoms with E-state index < -0.39 is 47.0 Å². The Kier molecular flexibility index (Phi) is 9.94. The van der Waals surface area contributed by atoms with Crippen molar-refractivity contribution in [2.24, 2.45) is 7.05 Å². The third kappa shape index (κ3) is 6.92. The molecule has 0 aliphatic rings. The molecule has 10 heteroatoms. The molecule has 0 aliphatic heterocycles. The predicted molar refractivity (Wildman–Crippen MR) is 102 cm³/mol. The minimum atomic E-state index is -1.55. The lowest BCUT2D eigenvalue weighted by atomic mass is 10.0. The van der Waals surface area contributed by atoms with Crippen molar-refractivity contribution >= 4 is 17.7 Å². The maximum absolute atomic E-state index is 13.7. The molecule has 2 N–H and O–H groups in total. The van der Waals surface area contributed by atoms with Gasteiger partial charge in [0.1, 0.15) is 0 Å². The van der Waals surface area contributed by atoms with Crippen LogP contribution >= 0.6 is 11.6 Å². The number of hydrogen-bond acceptors (Lipinski definition) is 2. The Labute approximate surface area is 171 Å². The second-order valence-electron chi connectivity index (χ2n) is 6.28. The highest BCUT2D eigenvalue weighted by molar-refractivity contribution is 6.31. The highest BCUT2D eigenvalue weighted by Gasteiger charge is 2.24. The third-order valence-electron chi connectivity index (χ3n) is 4.08. The van der Waals surface area contributed by atoms with Crippen LogP contribution in [0.5, 0.6) is 0 Å². The average Bonchev–Trinajstić information content (AvgIpc) is 3.00. The Hall–Kier alpha value is -2.29. The van der Waals surface area contributed by atoms with Crippen molar-refractivity contribution in [3.05, 3.63) is 51.3 Å². The number of hydrogen-bond donors (Lipinski definition) is 2. The molecule has 1 amide bonds. The van der Waals surface area contributed by atoms with Crippen LogP contribution in [0.2, 0.25) is 5.02 Å². The van der Waals surface area contributed by atoms with E-state index in [-0.39, 0.29) is 6.42 Å². The number of halogens is 5. The molecule has 0 radical (unpaired) electrons. The van der Waals surface area contributed by atoms with Gasteiger partial charge in [-0.2, -0.15) is 5.10 Å². The zero-order valence-corrected chi connectivity index (χ0v) is 17.2. The van der Waals surface area contributed by atoms with Crippen molar-refractivity contribution in [1.29, 1.82) is 0 Å². The number of rotatable bonds is 7. The fraction of sp³-hybridized carbons (Fsp3) is 0.474.